The van der Waals surface area contributed by atoms with E-state index in [-0.39, 0.29) is 28.7 Å². The van der Waals surface area contributed by atoms with Crippen LogP contribution in [-0.4, -0.2) is 44.6 Å². The predicted octanol–water partition coefficient (Wildman–Crippen LogP) is -0.541. The van der Waals surface area contributed by atoms with Gasteiger partial charge in [-0.25, -0.2) is 4.79 Å². The number of H-pyrrole nitrogens is 1. The second-order valence-corrected chi connectivity index (χ2v) is 5.93. The van der Waals surface area contributed by atoms with Crippen LogP contribution in [0.1, 0.15) is 12.6 Å². The first-order valence-electron chi connectivity index (χ1n) is 6.09. The van der Waals surface area contributed by atoms with Gasteiger partial charge in [0.15, 0.2) is 0 Å². The van der Waals surface area contributed by atoms with Crippen LogP contribution >= 0.6 is 31.9 Å². The Morgan fingerprint density at radius 1 is 1.57 bits per heavy atom. The normalized spacial score (nSPS) is 25.0. The molecule has 0 radical (unpaired) electrons. The zero-order chi connectivity index (χ0) is 15.6. The Morgan fingerprint density at radius 2 is 2.29 bits per heavy atom. The number of alkyl halides is 1. The van der Waals surface area contributed by atoms with Crippen LogP contribution in [0.2, 0.25) is 0 Å². The molecule has 3 N–H and O–H groups in total. The monoisotopic (exact) mass is 425 g/mol. The van der Waals surface area contributed by atoms with E-state index in [2.05, 4.69) is 42.2 Å². The first-order chi connectivity index (χ1) is 9.92. The Bertz CT molecular complexity index is 643. The number of hydrogen-bond acceptors (Lipinski definition) is 5. The molecule has 1 aliphatic rings. The minimum atomic E-state index is -0.816. The Hall–Kier alpha value is -0.970. The Kier molecular flexibility index (Phi) is 5.36. The van der Waals surface area contributed by atoms with Gasteiger partial charge in [-0.2, -0.15) is 0 Å². The summed E-state index contributed by atoms with van der Waals surface area (Å²) in [7, 11) is 0. The number of carbonyl (C=O) groups excluding carboxylic acids is 1. The maximum Gasteiger partial charge on any atom is 0.330 e. The SMILES string of the molecule is O=C(CBr)NC[C@H]1O[C@@H](n2cc(Br)c(=O)[nH]c2=O)C[C@@H]1O. The summed E-state index contributed by atoms with van der Waals surface area (Å²) in [6.45, 7) is 0.140. The lowest BCUT2D eigenvalue weighted by Gasteiger charge is -2.16. The van der Waals surface area contributed by atoms with Crippen molar-refractivity contribution < 1.29 is 14.6 Å². The number of aliphatic hydroxyl groups is 1. The topological polar surface area (TPSA) is 113 Å². The molecule has 21 heavy (non-hydrogen) atoms. The molecule has 0 saturated carbocycles. The fourth-order valence-electron chi connectivity index (χ4n) is 2.01. The number of ether oxygens (including phenoxy) is 1. The van der Waals surface area contributed by atoms with E-state index in [1.54, 1.807) is 0 Å². The number of nitrogens with one attached hydrogen (secondary N) is 2. The average molecular weight is 427 g/mol. The molecule has 1 aromatic heterocycles. The number of hydrogen-bond donors (Lipinski definition) is 3. The third-order valence-electron chi connectivity index (χ3n) is 3.06. The van der Waals surface area contributed by atoms with E-state index >= 15 is 0 Å². The molecule has 1 aromatic rings. The lowest BCUT2D eigenvalue weighted by Crippen LogP contribution is -2.37. The molecular formula is C11H13Br2N3O5. The van der Waals surface area contributed by atoms with Crippen molar-refractivity contribution in [3.63, 3.8) is 0 Å². The first kappa shape index (κ1) is 16.4. The number of nitrogens with zero attached hydrogens (tertiary/aromatic N) is 1. The van der Waals surface area contributed by atoms with Crippen LogP contribution in [0.4, 0.5) is 0 Å². The molecule has 1 aliphatic heterocycles. The highest BCUT2D eigenvalue weighted by atomic mass is 79.9. The van der Waals surface area contributed by atoms with Crippen LogP contribution in [0.15, 0.2) is 20.3 Å². The predicted molar refractivity (Wildman–Crippen MR) is 80.4 cm³/mol. The zero-order valence-corrected chi connectivity index (χ0v) is 13.9. The number of aromatic nitrogens is 2. The second kappa shape index (κ2) is 6.86. The Balaban J connectivity index is 2.10. The number of aromatic amines is 1. The number of halogens is 2. The molecule has 0 aromatic carbocycles. The fraction of sp³-hybridized carbons (Fsp3) is 0.545. The van der Waals surface area contributed by atoms with Crippen LogP contribution in [0, 0.1) is 0 Å². The maximum absolute atomic E-state index is 11.8. The first-order valence-corrected chi connectivity index (χ1v) is 8.01. The number of aliphatic hydroxyl groups excluding tert-OH is 1. The molecule has 1 amide bonds. The van der Waals surface area contributed by atoms with Gasteiger partial charge < -0.3 is 15.2 Å². The second-order valence-electron chi connectivity index (χ2n) is 4.51. The largest absolute Gasteiger partial charge is 0.390 e. The molecule has 2 heterocycles. The number of rotatable bonds is 4. The molecule has 0 spiro atoms. The molecule has 0 aliphatic carbocycles. The van der Waals surface area contributed by atoms with E-state index in [1.807, 2.05) is 0 Å². The summed E-state index contributed by atoms with van der Waals surface area (Å²) in [5, 5.41) is 12.7. The van der Waals surface area contributed by atoms with Gasteiger partial charge in [0.05, 0.1) is 15.9 Å². The summed E-state index contributed by atoms with van der Waals surface area (Å²) < 4.78 is 6.96. The van der Waals surface area contributed by atoms with E-state index in [0.717, 1.165) is 0 Å². The van der Waals surface area contributed by atoms with Crippen molar-refractivity contribution in [2.45, 2.75) is 24.9 Å². The quantitative estimate of drug-likeness (QED) is 0.559. The third-order valence-corrected chi connectivity index (χ3v) is 4.13. The maximum atomic E-state index is 11.8. The minimum Gasteiger partial charge on any atom is -0.390 e. The van der Waals surface area contributed by atoms with Crippen molar-refractivity contribution in [1.82, 2.24) is 14.9 Å². The summed E-state index contributed by atoms with van der Waals surface area (Å²) in [5.74, 6) is -0.224. The van der Waals surface area contributed by atoms with Crippen LogP contribution in [0.25, 0.3) is 0 Å². The molecule has 10 heteroatoms. The number of amides is 1. The van der Waals surface area contributed by atoms with Gasteiger partial charge in [0.2, 0.25) is 5.91 Å². The molecule has 0 unspecified atom stereocenters. The molecule has 3 atom stereocenters. The lowest BCUT2D eigenvalue weighted by molar-refractivity contribution is -0.119. The van der Waals surface area contributed by atoms with Gasteiger partial charge in [-0.3, -0.25) is 19.1 Å². The smallest absolute Gasteiger partial charge is 0.330 e. The zero-order valence-electron chi connectivity index (χ0n) is 10.7. The van der Waals surface area contributed by atoms with Crippen molar-refractivity contribution >= 4 is 37.8 Å². The average Bonchev–Trinajstić information content (AvgIpc) is 2.81. The van der Waals surface area contributed by atoms with Crippen molar-refractivity contribution in [3.8, 4) is 0 Å². The van der Waals surface area contributed by atoms with Gasteiger partial charge in [-0.1, -0.05) is 15.9 Å². The molecule has 8 nitrogen and oxygen atoms in total. The van der Waals surface area contributed by atoms with Crippen molar-refractivity contribution in [2.24, 2.45) is 0 Å². The van der Waals surface area contributed by atoms with Crippen molar-refractivity contribution in [2.75, 3.05) is 11.9 Å². The van der Waals surface area contributed by atoms with E-state index in [0.29, 0.717) is 0 Å². The third kappa shape index (κ3) is 3.82. The summed E-state index contributed by atoms with van der Waals surface area (Å²) in [5.41, 5.74) is -1.15. The fourth-order valence-corrected chi connectivity index (χ4v) is 2.52. The summed E-state index contributed by atoms with van der Waals surface area (Å²) in [4.78, 5) is 36.3. The Morgan fingerprint density at radius 3 is 2.95 bits per heavy atom. The molecule has 2 rings (SSSR count). The van der Waals surface area contributed by atoms with E-state index < -0.39 is 29.7 Å². The number of carbonyl (C=O) groups is 1. The highest BCUT2D eigenvalue weighted by Crippen LogP contribution is 2.27. The molecule has 0 bridgehead atoms. The van der Waals surface area contributed by atoms with Gasteiger partial charge in [0, 0.05) is 19.2 Å². The van der Waals surface area contributed by atoms with Gasteiger partial charge >= 0.3 is 5.69 Å². The Labute approximate surface area is 135 Å². The van der Waals surface area contributed by atoms with Crippen LogP contribution in [0.3, 0.4) is 0 Å². The van der Waals surface area contributed by atoms with Crippen molar-refractivity contribution in [1.29, 1.82) is 0 Å². The van der Waals surface area contributed by atoms with Crippen molar-refractivity contribution in [3.05, 3.63) is 31.5 Å². The summed E-state index contributed by atoms with van der Waals surface area (Å²) >= 11 is 6.05. The molecular weight excluding hydrogens is 414 g/mol. The van der Waals surface area contributed by atoms with E-state index in [4.69, 9.17) is 4.74 Å². The van der Waals surface area contributed by atoms with Crippen LogP contribution < -0.4 is 16.6 Å². The highest BCUT2D eigenvalue weighted by molar-refractivity contribution is 9.10. The highest BCUT2D eigenvalue weighted by Gasteiger charge is 2.35. The minimum absolute atomic E-state index is 0.140. The van der Waals surface area contributed by atoms with Gasteiger partial charge in [-0.05, 0) is 15.9 Å². The molecule has 116 valence electrons. The lowest BCUT2D eigenvalue weighted by atomic mass is 10.2. The van der Waals surface area contributed by atoms with E-state index in [1.165, 1.54) is 10.8 Å². The van der Waals surface area contributed by atoms with Crippen LogP contribution in [0.5, 0.6) is 0 Å². The summed E-state index contributed by atoms with van der Waals surface area (Å²) in [6, 6.07) is 0. The standard InChI is InChI=1S/C11H13Br2N3O5/c12-2-8(18)14-3-7-6(17)1-9(21-7)16-4-5(13)10(19)15-11(16)20/h4,6-7,9,17H,1-3H2,(H,14,18)(H,15,19,20)/t6-,7+,9+/m0/s1. The summed E-state index contributed by atoms with van der Waals surface area (Å²) in [6.07, 6.45) is -0.629. The van der Waals surface area contributed by atoms with Gasteiger partial charge in [0.25, 0.3) is 5.56 Å². The van der Waals surface area contributed by atoms with Gasteiger partial charge in [-0.15, -0.1) is 0 Å². The van der Waals surface area contributed by atoms with E-state index in [9.17, 15) is 19.5 Å². The van der Waals surface area contributed by atoms with Crippen LogP contribution in [-0.2, 0) is 9.53 Å². The molecule has 1 fully saturated rings. The van der Waals surface area contributed by atoms with Gasteiger partial charge in [0.1, 0.15) is 12.3 Å². The molecule has 1 saturated heterocycles.